The number of hydrogen-bond donors (Lipinski definition) is 4. The summed E-state index contributed by atoms with van der Waals surface area (Å²) in [5.74, 6) is -1.38. The number of aromatic amines is 1. The Bertz CT molecular complexity index is 1060. The summed E-state index contributed by atoms with van der Waals surface area (Å²) < 4.78 is 17.7. The second-order valence-corrected chi connectivity index (χ2v) is 11.5. The third kappa shape index (κ3) is 11.4. The Morgan fingerprint density at radius 2 is 1.61 bits per heavy atom. The van der Waals surface area contributed by atoms with E-state index in [0.29, 0.717) is 12.0 Å². The topological polar surface area (TPSA) is 138 Å². The fourth-order valence-electron chi connectivity index (χ4n) is 5.47. The minimum atomic E-state index is -0.941. The number of fused-ring (bicyclic) bond motifs is 1. The normalized spacial score (nSPS) is 22.4. The SMILES string of the molecule is CC(CCCCCCCCCCCCC(O)CC(=O)O)OC1OC(C)C(OC(=O)c2c[nH]c3ccccc23)CC1O. The zero-order chi connectivity index (χ0) is 29.6. The molecule has 0 aliphatic carbocycles. The third-order valence-electron chi connectivity index (χ3n) is 7.90. The van der Waals surface area contributed by atoms with Crippen molar-refractivity contribution in [1.29, 1.82) is 0 Å². The van der Waals surface area contributed by atoms with Crippen LogP contribution >= 0.6 is 0 Å². The highest BCUT2D eigenvalue weighted by atomic mass is 16.7. The molecule has 0 radical (unpaired) electrons. The predicted molar refractivity (Wildman–Crippen MR) is 157 cm³/mol. The number of carboxylic acid groups (broad SMARTS) is 1. The fraction of sp³-hybridized carbons (Fsp3) is 0.688. The first-order valence-corrected chi connectivity index (χ1v) is 15.4. The summed E-state index contributed by atoms with van der Waals surface area (Å²) in [6.45, 7) is 3.84. The van der Waals surface area contributed by atoms with Crippen molar-refractivity contribution >= 4 is 22.8 Å². The molecule has 41 heavy (non-hydrogen) atoms. The number of aliphatic hydroxyl groups is 2. The lowest BCUT2D eigenvalue weighted by Crippen LogP contribution is -2.49. The maximum atomic E-state index is 12.8. The number of aliphatic hydroxyl groups excluding tert-OH is 2. The number of aliphatic carboxylic acids is 1. The van der Waals surface area contributed by atoms with E-state index in [-0.39, 0.29) is 18.9 Å². The van der Waals surface area contributed by atoms with Crippen LogP contribution in [-0.2, 0) is 19.0 Å². The second kappa shape index (κ2) is 17.5. The van der Waals surface area contributed by atoms with Crippen LogP contribution in [0.1, 0.15) is 114 Å². The molecule has 9 nitrogen and oxygen atoms in total. The quantitative estimate of drug-likeness (QED) is 0.116. The number of unbranched alkanes of at least 4 members (excludes halogenated alkanes) is 9. The standard InChI is InChI=1S/C32H49NO8/c1-22(15-11-9-7-5-3-4-6-8-10-12-16-24(34)19-30(36)37)39-32-28(35)20-29(23(2)40-32)41-31(38)26-21-33-27-18-14-13-17-25(26)27/h13-14,17-18,21-24,28-29,32-35H,3-12,15-16,19-20H2,1-2H3,(H,36,37). The average molecular weight is 576 g/mol. The lowest BCUT2D eigenvalue weighted by Gasteiger charge is -2.38. The van der Waals surface area contributed by atoms with E-state index in [0.717, 1.165) is 49.4 Å². The van der Waals surface area contributed by atoms with Crippen LogP contribution in [0.5, 0.6) is 0 Å². The van der Waals surface area contributed by atoms with E-state index < -0.39 is 42.6 Å². The first-order valence-electron chi connectivity index (χ1n) is 15.4. The number of para-hydroxylation sites is 1. The van der Waals surface area contributed by atoms with E-state index in [4.69, 9.17) is 19.3 Å². The Hall–Kier alpha value is -2.46. The van der Waals surface area contributed by atoms with Gasteiger partial charge in [0.2, 0.25) is 0 Å². The number of ether oxygens (including phenoxy) is 3. The van der Waals surface area contributed by atoms with E-state index in [1.165, 1.54) is 32.1 Å². The zero-order valence-corrected chi connectivity index (χ0v) is 24.6. The van der Waals surface area contributed by atoms with Gasteiger partial charge in [-0.25, -0.2) is 4.79 Å². The Morgan fingerprint density at radius 3 is 2.27 bits per heavy atom. The van der Waals surface area contributed by atoms with E-state index in [2.05, 4.69) is 4.98 Å². The summed E-state index contributed by atoms with van der Waals surface area (Å²) in [5.41, 5.74) is 1.34. The molecule has 6 unspecified atom stereocenters. The molecule has 4 N–H and O–H groups in total. The maximum absolute atomic E-state index is 12.8. The van der Waals surface area contributed by atoms with Gasteiger partial charge in [-0.1, -0.05) is 82.4 Å². The van der Waals surface area contributed by atoms with Crippen LogP contribution in [0.25, 0.3) is 10.9 Å². The molecule has 2 heterocycles. The Morgan fingerprint density at radius 1 is 1.00 bits per heavy atom. The minimum Gasteiger partial charge on any atom is -0.481 e. The van der Waals surface area contributed by atoms with Crippen LogP contribution in [0, 0.1) is 0 Å². The molecule has 1 aliphatic rings. The highest BCUT2D eigenvalue weighted by Gasteiger charge is 2.38. The van der Waals surface area contributed by atoms with Crippen LogP contribution in [0.15, 0.2) is 30.5 Å². The van der Waals surface area contributed by atoms with Gasteiger partial charge in [0.05, 0.1) is 30.3 Å². The molecule has 1 fully saturated rings. The van der Waals surface area contributed by atoms with Gasteiger partial charge < -0.3 is 34.5 Å². The highest BCUT2D eigenvalue weighted by Crippen LogP contribution is 2.27. The molecule has 1 aromatic carbocycles. The number of H-pyrrole nitrogens is 1. The first-order chi connectivity index (χ1) is 19.7. The predicted octanol–water partition coefficient (Wildman–Crippen LogP) is 6.11. The molecule has 0 saturated carbocycles. The number of carbonyl (C=O) groups excluding carboxylic acids is 1. The van der Waals surface area contributed by atoms with Gasteiger partial charge in [-0.2, -0.15) is 0 Å². The van der Waals surface area contributed by atoms with E-state index in [1.807, 2.05) is 38.1 Å². The Kier molecular flexibility index (Phi) is 14.1. The lowest BCUT2D eigenvalue weighted by atomic mass is 10.0. The van der Waals surface area contributed by atoms with Gasteiger partial charge in [-0.05, 0) is 32.8 Å². The van der Waals surface area contributed by atoms with Gasteiger partial charge in [-0.3, -0.25) is 4.79 Å². The number of nitrogens with one attached hydrogen (secondary N) is 1. The highest BCUT2D eigenvalue weighted by molar-refractivity contribution is 6.04. The molecule has 9 heteroatoms. The van der Waals surface area contributed by atoms with Crippen molar-refractivity contribution in [1.82, 2.24) is 4.98 Å². The largest absolute Gasteiger partial charge is 0.481 e. The third-order valence-corrected chi connectivity index (χ3v) is 7.90. The molecule has 6 atom stereocenters. The maximum Gasteiger partial charge on any atom is 0.340 e. The van der Waals surface area contributed by atoms with Gasteiger partial charge in [-0.15, -0.1) is 0 Å². The molecule has 230 valence electrons. The number of benzene rings is 1. The molecule has 0 bridgehead atoms. The summed E-state index contributed by atoms with van der Waals surface area (Å²) in [6.07, 6.45) is 11.2. The molecule has 1 saturated heterocycles. The molecule has 1 aliphatic heterocycles. The van der Waals surface area contributed by atoms with Crippen molar-refractivity contribution < 1.29 is 39.1 Å². The molecule has 0 spiro atoms. The van der Waals surface area contributed by atoms with Gasteiger partial charge in [0.25, 0.3) is 0 Å². The van der Waals surface area contributed by atoms with Crippen LogP contribution in [-0.4, -0.2) is 69.1 Å². The van der Waals surface area contributed by atoms with Gasteiger partial charge in [0.1, 0.15) is 12.2 Å². The minimum absolute atomic E-state index is 0.0406. The molecule has 1 aromatic heterocycles. The second-order valence-electron chi connectivity index (χ2n) is 11.5. The fourth-order valence-corrected chi connectivity index (χ4v) is 5.47. The van der Waals surface area contributed by atoms with Crippen molar-refractivity contribution in [3.05, 3.63) is 36.0 Å². The van der Waals surface area contributed by atoms with Crippen molar-refractivity contribution in [3.63, 3.8) is 0 Å². The van der Waals surface area contributed by atoms with Crippen molar-refractivity contribution in [3.8, 4) is 0 Å². The molecule has 3 rings (SSSR count). The van der Waals surface area contributed by atoms with Gasteiger partial charge in [0, 0.05) is 23.5 Å². The van der Waals surface area contributed by atoms with Crippen molar-refractivity contribution in [2.24, 2.45) is 0 Å². The molecule has 0 amide bonds. The summed E-state index contributed by atoms with van der Waals surface area (Å²) in [7, 11) is 0. The summed E-state index contributed by atoms with van der Waals surface area (Å²) in [5, 5.41) is 29.7. The number of aromatic nitrogens is 1. The molecule has 2 aromatic rings. The average Bonchev–Trinajstić information content (AvgIpc) is 3.36. The monoisotopic (exact) mass is 575 g/mol. The number of carboxylic acids is 1. The van der Waals surface area contributed by atoms with E-state index in [9.17, 15) is 19.8 Å². The summed E-state index contributed by atoms with van der Waals surface area (Å²) in [4.78, 5) is 26.4. The summed E-state index contributed by atoms with van der Waals surface area (Å²) in [6, 6.07) is 7.55. The van der Waals surface area contributed by atoms with Gasteiger partial charge >= 0.3 is 11.9 Å². The lowest BCUT2D eigenvalue weighted by molar-refractivity contribution is -0.273. The van der Waals surface area contributed by atoms with E-state index >= 15 is 0 Å². The Balaban J connectivity index is 1.21. The first kappa shape index (κ1) is 33.0. The van der Waals surface area contributed by atoms with Crippen LogP contribution in [0.2, 0.25) is 0 Å². The van der Waals surface area contributed by atoms with E-state index in [1.54, 1.807) is 6.20 Å². The number of rotatable bonds is 19. The molecular weight excluding hydrogens is 526 g/mol. The smallest absolute Gasteiger partial charge is 0.340 e. The number of hydrogen-bond acceptors (Lipinski definition) is 7. The van der Waals surface area contributed by atoms with Crippen molar-refractivity contribution in [2.75, 3.05) is 0 Å². The number of esters is 1. The number of carbonyl (C=O) groups is 2. The van der Waals surface area contributed by atoms with Crippen LogP contribution < -0.4 is 0 Å². The Labute approximate surface area is 243 Å². The summed E-state index contributed by atoms with van der Waals surface area (Å²) >= 11 is 0. The molecular formula is C32H49NO8. The zero-order valence-electron chi connectivity index (χ0n) is 24.6. The van der Waals surface area contributed by atoms with Gasteiger partial charge in [0.15, 0.2) is 6.29 Å². The van der Waals surface area contributed by atoms with Crippen molar-refractivity contribution in [2.45, 2.75) is 141 Å². The van der Waals surface area contributed by atoms with Crippen LogP contribution in [0.4, 0.5) is 0 Å². The van der Waals surface area contributed by atoms with Crippen LogP contribution in [0.3, 0.4) is 0 Å².